The maximum atomic E-state index is 12.1. The van der Waals surface area contributed by atoms with Gasteiger partial charge in [-0.25, -0.2) is 4.99 Å². The smallest absolute Gasteiger partial charge is 0.224 e. The Morgan fingerprint density at radius 1 is 1.08 bits per heavy atom. The lowest BCUT2D eigenvalue weighted by atomic mass is 10.1. The number of carbonyl (C=O) groups is 1. The van der Waals surface area contributed by atoms with Crippen molar-refractivity contribution in [1.82, 2.24) is 15.5 Å². The third-order valence-corrected chi connectivity index (χ3v) is 4.08. The highest BCUT2D eigenvalue weighted by Gasteiger charge is 2.09. The lowest BCUT2D eigenvalue weighted by molar-refractivity contribution is -0.130. The summed E-state index contributed by atoms with van der Waals surface area (Å²) in [6, 6.07) is 8.18. The van der Waals surface area contributed by atoms with Crippen LogP contribution in [0.5, 0.6) is 0 Å². The van der Waals surface area contributed by atoms with E-state index in [4.69, 9.17) is 4.74 Å². The van der Waals surface area contributed by atoms with Crippen LogP contribution in [-0.2, 0) is 22.7 Å². The predicted molar refractivity (Wildman–Crippen MR) is 107 cm³/mol. The van der Waals surface area contributed by atoms with Gasteiger partial charge >= 0.3 is 0 Å². The molecule has 0 heterocycles. The van der Waals surface area contributed by atoms with Gasteiger partial charge in [-0.3, -0.25) is 4.79 Å². The van der Waals surface area contributed by atoms with E-state index < -0.39 is 0 Å². The molecular weight excluding hydrogens is 328 g/mol. The monoisotopic (exact) mass is 362 g/mol. The van der Waals surface area contributed by atoms with Crippen LogP contribution in [0.25, 0.3) is 0 Å². The number of benzene rings is 1. The Balaban J connectivity index is 2.62. The molecule has 26 heavy (non-hydrogen) atoms. The van der Waals surface area contributed by atoms with Crippen molar-refractivity contribution in [2.75, 3.05) is 32.8 Å². The fourth-order valence-corrected chi connectivity index (χ4v) is 2.59. The Labute approximate surface area is 158 Å². The first-order chi connectivity index (χ1) is 12.7. The van der Waals surface area contributed by atoms with E-state index in [1.165, 1.54) is 0 Å². The number of ether oxygens (including phenoxy) is 1. The first kappa shape index (κ1) is 22.0. The molecule has 6 heteroatoms. The molecular formula is C20H34N4O2. The predicted octanol–water partition coefficient (Wildman–Crippen LogP) is 2.54. The molecule has 0 atom stereocenters. The molecule has 1 aromatic rings. The molecule has 0 fully saturated rings. The van der Waals surface area contributed by atoms with Gasteiger partial charge in [0.2, 0.25) is 5.91 Å². The quantitative estimate of drug-likeness (QED) is 0.469. The zero-order valence-electron chi connectivity index (χ0n) is 16.7. The standard InChI is InChI=1S/C20H34N4O2/c1-5-21-20(22-14-13-19(25)24(6-2)7-3)23-15-17-11-9-10-12-18(17)16-26-8-4/h9-12H,5-8,13-16H2,1-4H3,(H2,21,22,23). The van der Waals surface area contributed by atoms with Gasteiger partial charge < -0.3 is 20.3 Å². The third-order valence-electron chi connectivity index (χ3n) is 4.08. The van der Waals surface area contributed by atoms with Crippen molar-refractivity contribution in [2.45, 2.75) is 47.3 Å². The van der Waals surface area contributed by atoms with E-state index in [1.54, 1.807) is 0 Å². The Morgan fingerprint density at radius 3 is 2.38 bits per heavy atom. The van der Waals surface area contributed by atoms with E-state index in [1.807, 2.05) is 44.7 Å². The van der Waals surface area contributed by atoms with Crippen LogP contribution in [0.3, 0.4) is 0 Å². The largest absolute Gasteiger partial charge is 0.377 e. The molecule has 6 nitrogen and oxygen atoms in total. The van der Waals surface area contributed by atoms with Gasteiger partial charge in [0.1, 0.15) is 0 Å². The number of rotatable bonds is 11. The van der Waals surface area contributed by atoms with Crippen LogP contribution in [-0.4, -0.2) is 49.6 Å². The van der Waals surface area contributed by atoms with Gasteiger partial charge in [0, 0.05) is 39.2 Å². The first-order valence-electron chi connectivity index (χ1n) is 9.60. The summed E-state index contributed by atoms with van der Waals surface area (Å²) in [5.41, 5.74) is 2.31. The van der Waals surface area contributed by atoms with E-state index in [2.05, 4.69) is 27.8 Å². The average Bonchev–Trinajstić information content (AvgIpc) is 2.66. The number of hydrogen-bond donors (Lipinski definition) is 2. The van der Waals surface area contributed by atoms with Gasteiger partial charge in [0.05, 0.1) is 13.2 Å². The molecule has 0 aliphatic heterocycles. The molecule has 0 saturated heterocycles. The maximum absolute atomic E-state index is 12.1. The van der Waals surface area contributed by atoms with Gasteiger partial charge in [-0.05, 0) is 38.8 Å². The van der Waals surface area contributed by atoms with Crippen molar-refractivity contribution in [3.05, 3.63) is 35.4 Å². The van der Waals surface area contributed by atoms with E-state index in [0.717, 1.165) is 36.7 Å². The van der Waals surface area contributed by atoms with Crippen LogP contribution in [0, 0.1) is 0 Å². The Hall–Kier alpha value is -2.08. The summed E-state index contributed by atoms with van der Waals surface area (Å²) < 4.78 is 5.53. The van der Waals surface area contributed by atoms with E-state index in [-0.39, 0.29) is 5.91 Å². The summed E-state index contributed by atoms with van der Waals surface area (Å²) in [4.78, 5) is 18.6. The molecule has 0 aromatic heterocycles. The number of nitrogens with zero attached hydrogens (tertiary/aromatic N) is 2. The summed E-state index contributed by atoms with van der Waals surface area (Å²) in [6.45, 7) is 12.7. The van der Waals surface area contributed by atoms with Crippen LogP contribution in [0.2, 0.25) is 0 Å². The number of nitrogens with one attached hydrogen (secondary N) is 2. The van der Waals surface area contributed by atoms with Gasteiger partial charge in [-0.1, -0.05) is 24.3 Å². The van der Waals surface area contributed by atoms with Gasteiger partial charge in [-0.15, -0.1) is 0 Å². The van der Waals surface area contributed by atoms with Crippen molar-refractivity contribution in [3.8, 4) is 0 Å². The summed E-state index contributed by atoms with van der Waals surface area (Å²) in [6.07, 6.45) is 0.465. The van der Waals surface area contributed by atoms with Gasteiger partial charge in [-0.2, -0.15) is 0 Å². The zero-order chi connectivity index (χ0) is 19.2. The highest BCUT2D eigenvalue weighted by molar-refractivity contribution is 5.81. The van der Waals surface area contributed by atoms with Crippen LogP contribution >= 0.6 is 0 Å². The molecule has 0 spiro atoms. The molecule has 1 aromatic carbocycles. The number of carbonyl (C=O) groups excluding carboxylic acids is 1. The van der Waals surface area contributed by atoms with Crippen molar-refractivity contribution in [2.24, 2.45) is 4.99 Å². The minimum atomic E-state index is 0.167. The second kappa shape index (κ2) is 13.2. The fourth-order valence-electron chi connectivity index (χ4n) is 2.59. The van der Waals surface area contributed by atoms with Crippen molar-refractivity contribution < 1.29 is 9.53 Å². The van der Waals surface area contributed by atoms with Gasteiger partial charge in [0.15, 0.2) is 5.96 Å². The van der Waals surface area contributed by atoms with E-state index in [0.29, 0.717) is 32.7 Å². The summed E-state index contributed by atoms with van der Waals surface area (Å²) >= 11 is 0. The zero-order valence-corrected chi connectivity index (χ0v) is 16.7. The topological polar surface area (TPSA) is 66.0 Å². The molecule has 0 aliphatic rings. The summed E-state index contributed by atoms with van der Waals surface area (Å²) in [5.74, 6) is 0.895. The first-order valence-corrected chi connectivity index (χ1v) is 9.60. The molecule has 146 valence electrons. The number of amides is 1. The Morgan fingerprint density at radius 2 is 1.77 bits per heavy atom. The minimum Gasteiger partial charge on any atom is -0.377 e. The molecule has 0 saturated carbocycles. The highest BCUT2D eigenvalue weighted by Crippen LogP contribution is 2.11. The normalized spacial score (nSPS) is 11.3. The van der Waals surface area contributed by atoms with E-state index in [9.17, 15) is 4.79 Å². The minimum absolute atomic E-state index is 0.167. The van der Waals surface area contributed by atoms with Crippen LogP contribution in [0.4, 0.5) is 0 Å². The molecule has 0 aliphatic carbocycles. The molecule has 0 bridgehead atoms. The van der Waals surface area contributed by atoms with Crippen LogP contribution < -0.4 is 10.6 Å². The second-order valence-corrected chi connectivity index (χ2v) is 5.84. The lowest BCUT2D eigenvalue weighted by Crippen LogP contribution is -2.40. The SMILES string of the molecule is CCNC(=NCc1ccccc1COCC)NCCC(=O)N(CC)CC. The molecule has 2 N–H and O–H groups in total. The number of hydrogen-bond acceptors (Lipinski definition) is 3. The summed E-state index contributed by atoms with van der Waals surface area (Å²) in [7, 11) is 0. The molecule has 0 radical (unpaired) electrons. The molecule has 1 amide bonds. The molecule has 1 rings (SSSR count). The van der Waals surface area contributed by atoms with Crippen LogP contribution in [0.15, 0.2) is 29.3 Å². The summed E-state index contributed by atoms with van der Waals surface area (Å²) in [5, 5.41) is 6.48. The molecule has 0 unspecified atom stereocenters. The van der Waals surface area contributed by atoms with E-state index >= 15 is 0 Å². The number of aliphatic imine (C=N–C) groups is 1. The van der Waals surface area contributed by atoms with Crippen molar-refractivity contribution in [3.63, 3.8) is 0 Å². The van der Waals surface area contributed by atoms with Gasteiger partial charge in [0.25, 0.3) is 0 Å². The Kier molecular flexibility index (Phi) is 11.1. The fraction of sp³-hybridized carbons (Fsp3) is 0.600. The third kappa shape index (κ3) is 7.87. The van der Waals surface area contributed by atoms with Crippen LogP contribution in [0.1, 0.15) is 45.2 Å². The highest BCUT2D eigenvalue weighted by atomic mass is 16.5. The average molecular weight is 363 g/mol. The maximum Gasteiger partial charge on any atom is 0.224 e. The van der Waals surface area contributed by atoms with Crippen molar-refractivity contribution in [1.29, 1.82) is 0 Å². The number of guanidine groups is 1. The lowest BCUT2D eigenvalue weighted by Gasteiger charge is -2.19. The van der Waals surface area contributed by atoms with Crippen molar-refractivity contribution >= 4 is 11.9 Å². The second-order valence-electron chi connectivity index (χ2n) is 5.84. The Bertz CT molecular complexity index is 556.